The predicted molar refractivity (Wildman–Crippen MR) is 106 cm³/mol. The number of nitrogen functional groups attached to an aromatic ring is 1. The Labute approximate surface area is 165 Å². The standard InChI is InChI=1S/C20H16N6O3/c1-12(27)24-14-3-2-4-15(9-14)28-16-10-17(18(21)23-11-16)20-26-25-19(29-20)13-5-7-22-8-6-13/h2-11H,1H3,(H2,21,23)(H,24,27). The molecule has 3 heterocycles. The Morgan fingerprint density at radius 1 is 1.07 bits per heavy atom. The van der Waals surface area contributed by atoms with Crippen LogP contribution in [-0.4, -0.2) is 26.1 Å². The van der Waals surface area contributed by atoms with Crippen molar-refractivity contribution in [3.8, 4) is 34.4 Å². The topological polar surface area (TPSA) is 129 Å². The first kappa shape index (κ1) is 18.1. The van der Waals surface area contributed by atoms with Gasteiger partial charge < -0.3 is 20.2 Å². The second kappa shape index (κ2) is 7.77. The number of nitrogens with one attached hydrogen (secondary N) is 1. The van der Waals surface area contributed by atoms with Crippen LogP contribution in [0.15, 0.2) is 65.5 Å². The molecule has 0 aliphatic carbocycles. The number of carbonyl (C=O) groups excluding carboxylic acids is 1. The van der Waals surface area contributed by atoms with Crippen molar-refractivity contribution >= 4 is 17.4 Å². The van der Waals surface area contributed by atoms with Crippen LogP contribution in [-0.2, 0) is 4.79 Å². The molecular weight excluding hydrogens is 372 g/mol. The van der Waals surface area contributed by atoms with Crippen LogP contribution >= 0.6 is 0 Å². The van der Waals surface area contributed by atoms with Crippen LogP contribution in [0.5, 0.6) is 11.5 Å². The summed E-state index contributed by atoms with van der Waals surface area (Å²) in [5, 5.41) is 10.8. The molecule has 3 aromatic heterocycles. The van der Waals surface area contributed by atoms with Gasteiger partial charge in [-0.25, -0.2) is 4.98 Å². The van der Waals surface area contributed by atoms with Crippen molar-refractivity contribution in [3.05, 3.63) is 61.1 Å². The van der Waals surface area contributed by atoms with E-state index in [1.54, 1.807) is 54.9 Å². The molecule has 3 N–H and O–H groups in total. The highest BCUT2D eigenvalue weighted by Gasteiger charge is 2.15. The number of amides is 1. The average Bonchev–Trinajstić information content (AvgIpc) is 3.20. The fourth-order valence-electron chi connectivity index (χ4n) is 2.60. The molecule has 0 saturated heterocycles. The molecule has 144 valence electrons. The molecule has 0 atom stereocenters. The smallest absolute Gasteiger partial charge is 0.252 e. The van der Waals surface area contributed by atoms with Gasteiger partial charge in [0.15, 0.2) is 0 Å². The van der Waals surface area contributed by atoms with E-state index >= 15 is 0 Å². The second-order valence-electron chi connectivity index (χ2n) is 6.06. The summed E-state index contributed by atoms with van der Waals surface area (Å²) in [5.41, 5.74) is 7.81. The van der Waals surface area contributed by atoms with Gasteiger partial charge in [-0.05, 0) is 30.3 Å². The number of ether oxygens (including phenoxy) is 1. The minimum absolute atomic E-state index is 0.167. The molecule has 0 aliphatic heterocycles. The third-order valence-electron chi connectivity index (χ3n) is 3.87. The zero-order valence-electron chi connectivity index (χ0n) is 15.4. The molecule has 1 amide bonds. The first-order chi connectivity index (χ1) is 14.1. The number of rotatable bonds is 5. The first-order valence-corrected chi connectivity index (χ1v) is 8.64. The minimum atomic E-state index is -0.167. The highest BCUT2D eigenvalue weighted by Crippen LogP contribution is 2.31. The van der Waals surface area contributed by atoms with Gasteiger partial charge in [0.2, 0.25) is 11.8 Å². The molecule has 0 saturated carbocycles. The Morgan fingerprint density at radius 3 is 2.66 bits per heavy atom. The number of carbonyl (C=O) groups is 1. The monoisotopic (exact) mass is 388 g/mol. The van der Waals surface area contributed by atoms with Gasteiger partial charge in [0, 0.05) is 36.6 Å². The molecule has 1 aromatic carbocycles. The van der Waals surface area contributed by atoms with E-state index < -0.39 is 0 Å². The van der Waals surface area contributed by atoms with E-state index in [2.05, 4.69) is 25.5 Å². The molecule has 29 heavy (non-hydrogen) atoms. The number of nitrogens with two attached hydrogens (primary N) is 1. The summed E-state index contributed by atoms with van der Waals surface area (Å²) in [5.74, 6) is 1.58. The van der Waals surface area contributed by atoms with Gasteiger partial charge in [-0.2, -0.15) is 0 Å². The van der Waals surface area contributed by atoms with Gasteiger partial charge in [0.05, 0.1) is 11.8 Å². The number of benzene rings is 1. The lowest BCUT2D eigenvalue weighted by Gasteiger charge is -2.09. The largest absolute Gasteiger partial charge is 0.456 e. The quantitative estimate of drug-likeness (QED) is 0.531. The summed E-state index contributed by atoms with van der Waals surface area (Å²) in [6, 6.07) is 12.2. The van der Waals surface area contributed by atoms with Crippen molar-refractivity contribution in [1.29, 1.82) is 0 Å². The molecule has 0 radical (unpaired) electrons. The van der Waals surface area contributed by atoms with Crippen LogP contribution in [0.1, 0.15) is 6.92 Å². The molecule has 0 fully saturated rings. The third-order valence-corrected chi connectivity index (χ3v) is 3.87. The highest BCUT2D eigenvalue weighted by molar-refractivity contribution is 5.88. The van der Waals surface area contributed by atoms with Gasteiger partial charge in [-0.15, -0.1) is 10.2 Å². The number of nitrogens with zero attached hydrogens (tertiary/aromatic N) is 4. The van der Waals surface area contributed by atoms with Gasteiger partial charge in [0.25, 0.3) is 5.89 Å². The van der Waals surface area contributed by atoms with E-state index in [1.807, 2.05) is 0 Å². The van der Waals surface area contributed by atoms with E-state index in [4.69, 9.17) is 14.9 Å². The lowest BCUT2D eigenvalue weighted by atomic mass is 10.2. The average molecular weight is 388 g/mol. The summed E-state index contributed by atoms with van der Waals surface area (Å²) >= 11 is 0. The normalized spacial score (nSPS) is 10.5. The maximum atomic E-state index is 11.2. The fraction of sp³-hybridized carbons (Fsp3) is 0.0500. The van der Waals surface area contributed by atoms with Gasteiger partial charge in [-0.3, -0.25) is 9.78 Å². The van der Waals surface area contributed by atoms with Crippen molar-refractivity contribution < 1.29 is 13.9 Å². The van der Waals surface area contributed by atoms with Crippen molar-refractivity contribution in [1.82, 2.24) is 20.2 Å². The van der Waals surface area contributed by atoms with E-state index in [9.17, 15) is 4.79 Å². The van der Waals surface area contributed by atoms with Crippen LogP contribution in [0.4, 0.5) is 11.5 Å². The zero-order chi connectivity index (χ0) is 20.2. The van der Waals surface area contributed by atoms with Crippen molar-refractivity contribution in [2.75, 3.05) is 11.1 Å². The summed E-state index contributed by atoms with van der Waals surface area (Å²) in [6.07, 6.45) is 4.77. The number of hydrogen-bond donors (Lipinski definition) is 2. The maximum Gasteiger partial charge on any atom is 0.252 e. The fourth-order valence-corrected chi connectivity index (χ4v) is 2.60. The number of aromatic nitrogens is 4. The van der Waals surface area contributed by atoms with E-state index in [-0.39, 0.29) is 17.6 Å². The summed E-state index contributed by atoms with van der Waals surface area (Å²) in [4.78, 5) is 19.3. The molecule has 0 aliphatic rings. The van der Waals surface area contributed by atoms with Gasteiger partial charge in [0.1, 0.15) is 17.3 Å². The molecule has 0 spiro atoms. The Kier molecular flexibility index (Phi) is 4.85. The SMILES string of the molecule is CC(=O)Nc1cccc(Oc2cnc(N)c(-c3nnc(-c4ccncc4)o3)c2)c1. The number of anilines is 2. The van der Waals surface area contributed by atoms with Crippen molar-refractivity contribution in [3.63, 3.8) is 0 Å². The molecule has 4 rings (SSSR count). The second-order valence-corrected chi connectivity index (χ2v) is 6.06. The Balaban J connectivity index is 1.60. The van der Waals surface area contributed by atoms with Crippen LogP contribution in [0, 0.1) is 0 Å². The highest BCUT2D eigenvalue weighted by atomic mass is 16.5. The van der Waals surface area contributed by atoms with Crippen molar-refractivity contribution in [2.24, 2.45) is 0 Å². The summed E-state index contributed by atoms with van der Waals surface area (Å²) in [7, 11) is 0. The summed E-state index contributed by atoms with van der Waals surface area (Å²) in [6.45, 7) is 1.44. The molecule has 9 heteroatoms. The zero-order valence-corrected chi connectivity index (χ0v) is 15.4. The van der Waals surface area contributed by atoms with Crippen LogP contribution in [0.2, 0.25) is 0 Å². The first-order valence-electron chi connectivity index (χ1n) is 8.64. The Bertz CT molecular complexity index is 1160. The summed E-state index contributed by atoms with van der Waals surface area (Å²) < 4.78 is 11.6. The maximum absolute atomic E-state index is 11.2. The van der Waals surface area contributed by atoms with Crippen LogP contribution in [0.3, 0.4) is 0 Å². The molecule has 0 unspecified atom stereocenters. The van der Waals surface area contributed by atoms with Gasteiger partial charge in [-0.1, -0.05) is 6.07 Å². The minimum Gasteiger partial charge on any atom is -0.456 e. The molecular formula is C20H16N6O3. The Hall–Kier alpha value is -4.27. The number of hydrogen-bond acceptors (Lipinski definition) is 8. The van der Waals surface area contributed by atoms with E-state index in [0.717, 1.165) is 5.56 Å². The lowest BCUT2D eigenvalue weighted by molar-refractivity contribution is -0.114. The van der Waals surface area contributed by atoms with Gasteiger partial charge >= 0.3 is 0 Å². The number of pyridine rings is 2. The van der Waals surface area contributed by atoms with Crippen LogP contribution < -0.4 is 15.8 Å². The Morgan fingerprint density at radius 2 is 1.86 bits per heavy atom. The molecule has 0 bridgehead atoms. The third kappa shape index (κ3) is 4.19. The molecule has 9 nitrogen and oxygen atoms in total. The molecule has 4 aromatic rings. The van der Waals surface area contributed by atoms with E-state index in [1.165, 1.54) is 13.1 Å². The van der Waals surface area contributed by atoms with E-state index in [0.29, 0.717) is 28.6 Å². The van der Waals surface area contributed by atoms with Crippen LogP contribution in [0.25, 0.3) is 22.9 Å². The lowest BCUT2D eigenvalue weighted by Crippen LogP contribution is -2.05. The predicted octanol–water partition coefficient (Wildman–Crippen LogP) is 3.53. The van der Waals surface area contributed by atoms with Crippen molar-refractivity contribution in [2.45, 2.75) is 6.92 Å².